The molecule has 0 amide bonds. The van der Waals surface area contributed by atoms with Crippen molar-refractivity contribution in [3.8, 4) is 5.75 Å². The minimum atomic E-state index is -1.39. The largest absolute Gasteiger partial charge is 0.497 e. The highest BCUT2D eigenvalue weighted by Crippen LogP contribution is 2.44. The number of fused-ring (bicyclic) bond motifs is 2. The molecule has 2 bridgehead atoms. The number of aliphatic hydroxyl groups excluding tert-OH is 1. The summed E-state index contributed by atoms with van der Waals surface area (Å²) < 4.78 is 5.24. The van der Waals surface area contributed by atoms with E-state index in [4.69, 9.17) is 4.74 Å². The Morgan fingerprint density at radius 1 is 1.10 bits per heavy atom. The fourth-order valence-electron chi connectivity index (χ4n) is 5.62. The summed E-state index contributed by atoms with van der Waals surface area (Å²) in [5.74, 6) is -0.275. The maximum Gasteiger partial charge on any atom is 0.317 e. The van der Waals surface area contributed by atoms with Crippen LogP contribution in [-0.4, -0.2) is 53.4 Å². The maximum absolute atomic E-state index is 12.9. The zero-order chi connectivity index (χ0) is 21.3. The van der Waals surface area contributed by atoms with E-state index in [1.165, 1.54) is 0 Å². The third-order valence-corrected chi connectivity index (χ3v) is 7.40. The number of hydrogen-bond donors (Lipinski definition) is 2. The van der Waals surface area contributed by atoms with E-state index in [0.29, 0.717) is 17.6 Å². The Kier molecular flexibility index (Phi) is 5.85. The highest BCUT2D eigenvalue weighted by molar-refractivity contribution is 5.83. The van der Waals surface area contributed by atoms with Crippen molar-refractivity contribution in [1.29, 1.82) is 0 Å². The molecule has 2 fully saturated rings. The summed E-state index contributed by atoms with van der Waals surface area (Å²) in [5, 5.41) is 22.2. The van der Waals surface area contributed by atoms with Crippen molar-refractivity contribution in [2.45, 2.75) is 55.7 Å². The predicted octanol–water partition coefficient (Wildman–Crippen LogP) is 3.49. The summed E-state index contributed by atoms with van der Waals surface area (Å²) in [7, 11) is 3.77. The number of hydrogen-bond acceptors (Lipinski definition) is 4. The van der Waals surface area contributed by atoms with Gasteiger partial charge in [-0.15, -0.1) is 0 Å². The first kappa shape index (κ1) is 20.9. The number of aliphatic carboxylic acids is 1. The van der Waals surface area contributed by atoms with Gasteiger partial charge in [0.05, 0.1) is 13.2 Å². The number of piperidine rings is 1. The number of ether oxygens (including phenoxy) is 1. The van der Waals surface area contributed by atoms with Crippen molar-refractivity contribution in [3.05, 3.63) is 65.7 Å². The Labute approximate surface area is 178 Å². The normalized spacial score (nSPS) is 26.7. The molecule has 2 heterocycles. The van der Waals surface area contributed by atoms with Gasteiger partial charge >= 0.3 is 5.97 Å². The second-order valence-corrected chi connectivity index (χ2v) is 8.89. The lowest BCUT2D eigenvalue weighted by Gasteiger charge is -2.44. The molecule has 2 saturated heterocycles. The summed E-state index contributed by atoms with van der Waals surface area (Å²) in [6.07, 6.45) is 3.23. The third kappa shape index (κ3) is 3.61. The van der Waals surface area contributed by atoms with E-state index < -0.39 is 17.5 Å². The molecule has 2 aromatic carbocycles. The lowest BCUT2D eigenvalue weighted by molar-refractivity contribution is -0.152. The van der Waals surface area contributed by atoms with Crippen molar-refractivity contribution in [3.63, 3.8) is 0 Å². The molecular formula is C25H31NO4. The Balaban J connectivity index is 1.73. The summed E-state index contributed by atoms with van der Waals surface area (Å²) >= 11 is 0. The van der Waals surface area contributed by atoms with Gasteiger partial charge < -0.3 is 19.8 Å². The fourth-order valence-corrected chi connectivity index (χ4v) is 5.62. The van der Waals surface area contributed by atoms with E-state index in [1.807, 2.05) is 54.6 Å². The summed E-state index contributed by atoms with van der Waals surface area (Å²) in [6.45, 7) is 0. The molecule has 4 rings (SSSR count). The molecule has 2 N–H and O–H groups in total. The molecule has 0 aromatic heterocycles. The average molecular weight is 410 g/mol. The smallest absolute Gasteiger partial charge is 0.317 e. The van der Waals surface area contributed by atoms with Gasteiger partial charge in [-0.25, -0.2) is 0 Å². The van der Waals surface area contributed by atoms with Gasteiger partial charge in [0, 0.05) is 12.1 Å². The lowest BCUT2D eigenvalue weighted by atomic mass is 9.65. The van der Waals surface area contributed by atoms with Crippen LogP contribution in [0.15, 0.2) is 54.6 Å². The van der Waals surface area contributed by atoms with Gasteiger partial charge in [-0.3, -0.25) is 4.79 Å². The van der Waals surface area contributed by atoms with Crippen LogP contribution in [0.2, 0.25) is 0 Å². The summed E-state index contributed by atoms with van der Waals surface area (Å²) in [5.41, 5.74) is 0.139. The number of methoxy groups -OCH3 is 1. The van der Waals surface area contributed by atoms with Crippen LogP contribution in [0, 0.1) is 5.92 Å². The Morgan fingerprint density at radius 3 is 2.23 bits per heavy atom. The highest BCUT2D eigenvalue weighted by atomic mass is 16.5. The topological polar surface area (TPSA) is 70.0 Å². The average Bonchev–Trinajstić information content (AvgIpc) is 2.97. The van der Waals surface area contributed by atoms with Crippen LogP contribution in [0.25, 0.3) is 0 Å². The first-order chi connectivity index (χ1) is 14.5. The Morgan fingerprint density at radius 2 is 1.70 bits per heavy atom. The minimum absolute atomic E-state index is 0.0340. The van der Waals surface area contributed by atoms with E-state index >= 15 is 0 Å². The number of carboxylic acids is 1. The first-order valence-electron chi connectivity index (χ1n) is 10.8. The molecule has 5 heteroatoms. The van der Waals surface area contributed by atoms with Gasteiger partial charge in [0.1, 0.15) is 11.2 Å². The van der Waals surface area contributed by atoms with Crippen molar-refractivity contribution in [2.75, 3.05) is 14.2 Å². The van der Waals surface area contributed by atoms with E-state index in [9.17, 15) is 15.0 Å². The number of nitrogens with zero attached hydrogens (tertiary/aromatic N) is 1. The van der Waals surface area contributed by atoms with Gasteiger partial charge in [-0.05, 0) is 68.3 Å². The SMILES string of the molecule is COc1ccc(CC(C(=O)O)(c2ccccc2)[C@H](O)C2C[C@H]3CC[C@@H](C2)N3C)cc1. The summed E-state index contributed by atoms with van der Waals surface area (Å²) in [6, 6.07) is 17.6. The molecule has 5 atom stereocenters. The van der Waals surface area contributed by atoms with Crippen LogP contribution >= 0.6 is 0 Å². The van der Waals surface area contributed by atoms with Crippen LogP contribution in [-0.2, 0) is 16.6 Å². The van der Waals surface area contributed by atoms with Crippen LogP contribution in [0.4, 0.5) is 0 Å². The van der Waals surface area contributed by atoms with Crippen molar-refractivity contribution < 1.29 is 19.7 Å². The Bertz CT molecular complexity index is 854. The number of aliphatic hydroxyl groups is 1. The minimum Gasteiger partial charge on any atom is -0.497 e. The van der Waals surface area contributed by atoms with Gasteiger partial charge in [0.15, 0.2) is 0 Å². The van der Waals surface area contributed by atoms with E-state index in [2.05, 4.69) is 11.9 Å². The molecule has 5 nitrogen and oxygen atoms in total. The molecule has 2 aliphatic rings. The van der Waals surface area contributed by atoms with E-state index in [0.717, 1.165) is 37.0 Å². The Hall–Kier alpha value is -2.37. The molecule has 30 heavy (non-hydrogen) atoms. The predicted molar refractivity (Wildman–Crippen MR) is 116 cm³/mol. The van der Waals surface area contributed by atoms with Gasteiger partial charge in [0.2, 0.25) is 0 Å². The first-order valence-corrected chi connectivity index (χ1v) is 10.8. The van der Waals surface area contributed by atoms with Crippen LogP contribution < -0.4 is 4.74 Å². The van der Waals surface area contributed by atoms with Crippen molar-refractivity contribution in [2.24, 2.45) is 5.92 Å². The molecule has 160 valence electrons. The second-order valence-electron chi connectivity index (χ2n) is 8.89. The molecule has 0 radical (unpaired) electrons. The zero-order valence-corrected chi connectivity index (χ0v) is 17.7. The molecule has 0 aliphatic carbocycles. The lowest BCUT2D eigenvalue weighted by Crippen LogP contribution is -2.55. The molecule has 2 unspecified atom stereocenters. The molecule has 2 aliphatic heterocycles. The molecule has 0 saturated carbocycles. The molecule has 0 spiro atoms. The van der Waals surface area contributed by atoms with Crippen molar-refractivity contribution >= 4 is 5.97 Å². The van der Waals surface area contributed by atoms with Gasteiger partial charge in [-0.1, -0.05) is 42.5 Å². The van der Waals surface area contributed by atoms with Crippen molar-refractivity contribution in [1.82, 2.24) is 4.90 Å². The van der Waals surface area contributed by atoms with Gasteiger partial charge in [-0.2, -0.15) is 0 Å². The molecular weight excluding hydrogens is 378 g/mol. The van der Waals surface area contributed by atoms with Crippen LogP contribution in [0.1, 0.15) is 36.8 Å². The van der Waals surface area contributed by atoms with Crippen LogP contribution in [0.5, 0.6) is 5.75 Å². The molecule has 2 aromatic rings. The number of carboxylic acid groups (broad SMARTS) is 1. The second kappa shape index (κ2) is 8.40. The van der Waals surface area contributed by atoms with E-state index in [-0.39, 0.29) is 12.3 Å². The maximum atomic E-state index is 12.9. The third-order valence-electron chi connectivity index (χ3n) is 7.40. The quantitative estimate of drug-likeness (QED) is 0.733. The highest BCUT2D eigenvalue weighted by Gasteiger charge is 2.52. The van der Waals surface area contributed by atoms with Gasteiger partial charge in [0.25, 0.3) is 0 Å². The fraction of sp³-hybridized carbons (Fsp3) is 0.480. The van der Waals surface area contributed by atoms with E-state index in [1.54, 1.807) is 7.11 Å². The number of benzene rings is 2. The monoisotopic (exact) mass is 409 g/mol. The zero-order valence-electron chi connectivity index (χ0n) is 17.7. The number of rotatable bonds is 7. The van der Waals surface area contributed by atoms with Crippen LogP contribution in [0.3, 0.4) is 0 Å². The number of carbonyl (C=O) groups is 1. The summed E-state index contributed by atoms with van der Waals surface area (Å²) in [4.78, 5) is 15.3. The standard InChI is InChI=1S/C25H31NO4/c1-26-20-10-11-21(26)15-18(14-20)23(27)25(24(28)29,19-6-4-3-5-7-19)16-17-8-12-22(30-2)13-9-17/h3-9,12-13,18,20-21,23,27H,10-11,14-16H2,1-2H3,(H,28,29)/t18?,20-,21+,23-,25?/m1/s1.